The molecular formula is C11H15N3O. The van der Waals surface area contributed by atoms with Crippen LogP contribution >= 0.6 is 0 Å². The molecule has 0 aromatic carbocycles. The van der Waals surface area contributed by atoms with Gasteiger partial charge in [0.15, 0.2) is 0 Å². The summed E-state index contributed by atoms with van der Waals surface area (Å²) in [6.07, 6.45) is 4.16. The Morgan fingerprint density at radius 3 is 3.07 bits per heavy atom. The van der Waals surface area contributed by atoms with E-state index in [1.165, 1.54) is 12.8 Å². The van der Waals surface area contributed by atoms with Crippen molar-refractivity contribution in [3.05, 3.63) is 23.9 Å². The van der Waals surface area contributed by atoms with Crippen molar-refractivity contribution in [2.75, 3.05) is 11.9 Å². The van der Waals surface area contributed by atoms with Crippen LogP contribution in [0.25, 0.3) is 0 Å². The van der Waals surface area contributed by atoms with E-state index in [0.29, 0.717) is 11.7 Å². The summed E-state index contributed by atoms with van der Waals surface area (Å²) in [6, 6.07) is 3.57. The number of amides is 2. The van der Waals surface area contributed by atoms with Gasteiger partial charge in [-0.2, -0.15) is 0 Å². The number of nitrogens with zero attached hydrogens (tertiary/aromatic N) is 1. The summed E-state index contributed by atoms with van der Waals surface area (Å²) in [5.41, 5.74) is 1.09. The molecule has 80 valence electrons. The second-order valence-corrected chi connectivity index (χ2v) is 4.00. The van der Waals surface area contributed by atoms with Crippen LogP contribution < -0.4 is 10.6 Å². The Bertz CT molecular complexity index is 361. The molecule has 2 rings (SSSR count). The third-order valence-corrected chi connectivity index (χ3v) is 2.41. The van der Waals surface area contributed by atoms with Crippen LogP contribution in [0.3, 0.4) is 0 Å². The predicted molar refractivity (Wildman–Crippen MR) is 58.7 cm³/mol. The lowest BCUT2D eigenvalue weighted by molar-refractivity contribution is 0.251. The minimum Gasteiger partial charge on any atom is -0.338 e. The van der Waals surface area contributed by atoms with E-state index in [2.05, 4.69) is 15.6 Å². The van der Waals surface area contributed by atoms with Crippen molar-refractivity contribution in [1.82, 2.24) is 10.3 Å². The first kappa shape index (κ1) is 9.96. The summed E-state index contributed by atoms with van der Waals surface area (Å²) in [5.74, 6) is 1.30. The topological polar surface area (TPSA) is 54.0 Å². The van der Waals surface area contributed by atoms with Crippen LogP contribution in [0.4, 0.5) is 10.6 Å². The highest BCUT2D eigenvalue weighted by atomic mass is 16.2. The Labute approximate surface area is 89.1 Å². The normalized spacial score (nSPS) is 14.7. The number of carbonyl (C=O) groups is 1. The summed E-state index contributed by atoms with van der Waals surface area (Å²) < 4.78 is 0. The third-order valence-electron chi connectivity index (χ3n) is 2.41. The molecule has 4 nitrogen and oxygen atoms in total. The van der Waals surface area contributed by atoms with Crippen LogP contribution in [0, 0.1) is 12.8 Å². The summed E-state index contributed by atoms with van der Waals surface area (Å²) in [5, 5.41) is 5.53. The van der Waals surface area contributed by atoms with Crippen LogP contribution in [0.1, 0.15) is 18.4 Å². The number of carbonyl (C=O) groups excluding carboxylic acids is 1. The van der Waals surface area contributed by atoms with E-state index >= 15 is 0 Å². The molecule has 2 amide bonds. The molecule has 0 radical (unpaired) electrons. The van der Waals surface area contributed by atoms with Gasteiger partial charge in [-0.1, -0.05) is 0 Å². The van der Waals surface area contributed by atoms with Crippen molar-refractivity contribution in [2.45, 2.75) is 19.8 Å². The predicted octanol–water partition coefficient (Wildman–Crippen LogP) is 1.92. The molecule has 0 spiro atoms. The molecule has 1 saturated carbocycles. The molecule has 0 aliphatic heterocycles. The first-order valence-corrected chi connectivity index (χ1v) is 5.21. The second kappa shape index (κ2) is 4.29. The van der Waals surface area contributed by atoms with Gasteiger partial charge in [-0.05, 0) is 43.4 Å². The zero-order valence-corrected chi connectivity index (χ0v) is 8.79. The highest BCUT2D eigenvalue weighted by molar-refractivity contribution is 5.88. The summed E-state index contributed by atoms with van der Waals surface area (Å²) in [7, 11) is 0. The first-order chi connectivity index (χ1) is 7.24. The van der Waals surface area contributed by atoms with Gasteiger partial charge in [-0.3, -0.25) is 5.32 Å². The molecule has 1 aromatic heterocycles. The van der Waals surface area contributed by atoms with E-state index in [0.717, 1.165) is 12.1 Å². The Balaban J connectivity index is 1.81. The first-order valence-electron chi connectivity index (χ1n) is 5.21. The Hall–Kier alpha value is -1.58. The largest absolute Gasteiger partial charge is 0.338 e. The highest BCUT2D eigenvalue weighted by Crippen LogP contribution is 2.27. The number of aryl methyl sites for hydroxylation is 1. The molecular weight excluding hydrogens is 190 g/mol. The molecule has 1 aromatic rings. The lowest BCUT2D eigenvalue weighted by Gasteiger charge is -2.06. The molecule has 0 unspecified atom stereocenters. The van der Waals surface area contributed by atoms with E-state index in [-0.39, 0.29) is 6.03 Å². The summed E-state index contributed by atoms with van der Waals surface area (Å²) in [6.45, 7) is 2.74. The Kier molecular flexibility index (Phi) is 2.85. The fraction of sp³-hybridized carbons (Fsp3) is 0.455. The average molecular weight is 205 g/mol. The zero-order chi connectivity index (χ0) is 10.7. The Morgan fingerprint density at radius 1 is 1.60 bits per heavy atom. The quantitative estimate of drug-likeness (QED) is 0.792. The van der Waals surface area contributed by atoms with E-state index in [9.17, 15) is 4.79 Å². The third kappa shape index (κ3) is 3.23. The number of nitrogens with one attached hydrogen (secondary N) is 2. The van der Waals surface area contributed by atoms with Gasteiger partial charge in [0.25, 0.3) is 0 Å². The van der Waals surface area contributed by atoms with Crippen molar-refractivity contribution in [2.24, 2.45) is 5.92 Å². The van der Waals surface area contributed by atoms with Gasteiger partial charge >= 0.3 is 6.03 Å². The van der Waals surface area contributed by atoms with Crippen molar-refractivity contribution in [3.63, 3.8) is 0 Å². The summed E-state index contributed by atoms with van der Waals surface area (Å²) in [4.78, 5) is 15.4. The Morgan fingerprint density at radius 2 is 2.40 bits per heavy atom. The number of hydrogen-bond acceptors (Lipinski definition) is 2. The molecule has 1 fully saturated rings. The molecule has 15 heavy (non-hydrogen) atoms. The minimum atomic E-state index is -0.167. The minimum absolute atomic E-state index is 0.167. The lowest BCUT2D eigenvalue weighted by atomic mass is 10.3. The molecule has 4 heteroatoms. The van der Waals surface area contributed by atoms with Gasteiger partial charge in [0.1, 0.15) is 5.82 Å². The molecule has 1 aliphatic rings. The second-order valence-electron chi connectivity index (χ2n) is 4.00. The maximum absolute atomic E-state index is 11.4. The van der Waals surface area contributed by atoms with Gasteiger partial charge in [-0.15, -0.1) is 0 Å². The number of hydrogen-bond donors (Lipinski definition) is 2. The molecule has 1 heterocycles. The number of pyridine rings is 1. The molecule has 1 aliphatic carbocycles. The number of aromatic nitrogens is 1. The fourth-order valence-electron chi connectivity index (χ4n) is 1.32. The molecule has 0 bridgehead atoms. The van der Waals surface area contributed by atoms with Crippen molar-refractivity contribution < 1.29 is 4.79 Å². The fourth-order valence-corrected chi connectivity index (χ4v) is 1.32. The summed E-state index contributed by atoms with van der Waals surface area (Å²) >= 11 is 0. The van der Waals surface area contributed by atoms with Gasteiger partial charge < -0.3 is 5.32 Å². The monoisotopic (exact) mass is 205 g/mol. The van der Waals surface area contributed by atoms with E-state index in [1.807, 2.05) is 19.1 Å². The maximum Gasteiger partial charge on any atom is 0.320 e. The van der Waals surface area contributed by atoms with Crippen molar-refractivity contribution in [1.29, 1.82) is 0 Å². The van der Waals surface area contributed by atoms with Gasteiger partial charge in [0, 0.05) is 12.7 Å². The lowest BCUT2D eigenvalue weighted by Crippen LogP contribution is -2.30. The van der Waals surface area contributed by atoms with Crippen molar-refractivity contribution in [3.8, 4) is 0 Å². The number of rotatable bonds is 3. The smallest absolute Gasteiger partial charge is 0.320 e. The SMILES string of the molecule is Cc1ccnc(NC(=O)NCC2CC2)c1. The standard InChI is InChI=1S/C11H15N3O/c1-8-4-5-12-10(6-8)14-11(15)13-7-9-2-3-9/h4-6,9H,2-3,7H2,1H3,(H2,12,13,14,15). The van der Waals surface area contributed by atoms with Crippen LogP contribution in [-0.2, 0) is 0 Å². The molecule has 0 saturated heterocycles. The molecule has 0 atom stereocenters. The number of urea groups is 1. The van der Waals surface area contributed by atoms with E-state index in [1.54, 1.807) is 6.20 Å². The highest BCUT2D eigenvalue weighted by Gasteiger charge is 2.21. The average Bonchev–Trinajstić information content (AvgIpc) is 2.98. The van der Waals surface area contributed by atoms with E-state index in [4.69, 9.17) is 0 Å². The van der Waals surface area contributed by atoms with Crippen molar-refractivity contribution >= 4 is 11.8 Å². The zero-order valence-electron chi connectivity index (χ0n) is 8.79. The maximum atomic E-state index is 11.4. The van der Waals surface area contributed by atoms with Crippen LogP contribution in [0.15, 0.2) is 18.3 Å². The van der Waals surface area contributed by atoms with Crippen LogP contribution in [-0.4, -0.2) is 17.6 Å². The van der Waals surface area contributed by atoms with Gasteiger partial charge in [0.2, 0.25) is 0 Å². The van der Waals surface area contributed by atoms with E-state index < -0.39 is 0 Å². The van der Waals surface area contributed by atoms with Crippen LogP contribution in [0.2, 0.25) is 0 Å². The number of anilines is 1. The van der Waals surface area contributed by atoms with Gasteiger partial charge in [0.05, 0.1) is 0 Å². The molecule has 2 N–H and O–H groups in total. The van der Waals surface area contributed by atoms with Gasteiger partial charge in [-0.25, -0.2) is 9.78 Å². The van der Waals surface area contributed by atoms with Crippen LogP contribution in [0.5, 0.6) is 0 Å².